The molecule has 400 valence electrons. The Morgan fingerprint density at radius 1 is 0.973 bits per heavy atom. The van der Waals surface area contributed by atoms with Gasteiger partial charge in [0.15, 0.2) is 0 Å². The van der Waals surface area contributed by atoms with Crippen LogP contribution in [0.4, 0.5) is 5.69 Å². The second-order valence-electron chi connectivity index (χ2n) is 23.0. The molecule has 0 spiro atoms. The zero-order valence-electron chi connectivity index (χ0n) is 44.5. The van der Waals surface area contributed by atoms with Gasteiger partial charge in [0.05, 0.1) is 66.5 Å². The Morgan fingerprint density at radius 3 is 2.46 bits per heavy atom. The molecule has 17 nitrogen and oxygen atoms in total. The van der Waals surface area contributed by atoms with Crippen LogP contribution >= 0.6 is 11.3 Å². The van der Waals surface area contributed by atoms with Crippen LogP contribution in [-0.2, 0) is 51.0 Å². The van der Waals surface area contributed by atoms with Crippen molar-refractivity contribution in [1.82, 2.24) is 40.1 Å². The van der Waals surface area contributed by atoms with Crippen molar-refractivity contribution < 1.29 is 38.1 Å². The first-order valence-electron chi connectivity index (χ1n) is 27.4. The molecule has 7 atom stereocenters. The number of fused-ring (bicyclic) bond motifs is 6. The number of rotatable bonds is 13. The summed E-state index contributed by atoms with van der Waals surface area (Å²) < 4.78 is 33.0. The third-order valence-corrected chi connectivity index (χ3v) is 18.2. The number of pyridine rings is 1. The molecule has 6 bridgehead atoms. The van der Waals surface area contributed by atoms with Crippen molar-refractivity contribution in [3.63, 3.8) is 0 Å². The number of nitrogens with one attached hydrogen (secondary N) is 2. The molecule has 74 heavy (non-hydrogen) atoms. The second-order valence-corrected chi connectivity index (χ2v) is 23.9. The van der Waals surface area contributed by atoms with Crippen LogP contribution in [-0.4, -0.2) is 164 Å². The predicted octanol–water partition coefficient (Wildman–Crippen LogP) is 6.39. The molecule has 2 saturated carbocycles. The van der Waals surface area contributed by atoms with Crippen LogP contribution in [0, 0.1) is 23.2 Å². The summed E-state index contributed by atoms with van der Waals surface area (Å²) in [5.41, 5.74) is 10.6. The highest BCUT2D eigenvalue weighted by Crippen LogP contribution is 2.47. The number of hydrogen-bond acceptors (Lipinski definition) is 15. The molecule has 3 aromatic heterocycles. The molecule has 2 aliphatic carbocycles. The Balaban J connectivity index is 1.06. The fourth-order valence-electron chi connectivity index (χ4n) is 12.3. The molecule has 18 heteroatoms. The Morgan fingerprint density at radius 2 is 1.74 bits per heavy atom. The van der Waals surface area contributed by atoms with Gasteiger partial charge < -0.3 is 38.5 Å². The van der Waals surface area contributed by atoms with Crippen molar-refractivity contribution in [2.24, 2.45) is 23.2 Å². The largest absolute Gasteiger partial charge is 0.464 e. The summed E-state index contributed by atoms with van der Waals surface area (Å²) >= 11 is 1.51. The van der Waals surface area contributed by atoms with E-state index in [9.17, 15) is 9.59 Å². The standard InChI is InChI=1S/C56H77N9O8S/c1-33-34(2)47(33)52(66)59-49-51(63-29-40(30-63)70-7)53-58-45(31-74-53)36-10-13-46-41(25-36)43(27-56(4,5)32-73-55(68)44-9-8-16-65(60-44)54(49)67)50(64(46)21-24-72-39-14-22-71-23-15-39)42-26-38(28-57-48(42)35(3)69-6)62-19-17-61(18-20-62)37-11-12-37/h10,13,25-26,28,31,33-35,37,39-40,44,47,49,51,60H,8-9,11-12,14-24,27,29-30,32H2,1-7H3,(H,59,66)/t33-,34+,35-,44-,47?,49-,51-/m0/s1. The van der Waals surface area contributed by atoms with Gasteiger partial charge >= 0.3 is 5.97 Å². The van der Waals surface area contributed by atoms with Gasteiger partial charge in [-0.3, -0.25) is 34.2 Å². The SMILES string of the molecule is COC1CN([C@@H]2c3nc(cs3)-c3ccc4c(c3)c(c(-c3cc(N5CCN(C6CC6)CC5)cnc3[C@H](C)OC)n4CCOC3CCOCC3)CC(C)(C)COC(=O)[C@@H]3CCCN(N3)C(=O)[C@H]2NC(=O)C2[C@@H](C)[C@H]2C)C1. The van der Waals surface area contributed by atoms with Gasteiger partial charge in [0.25, 0.3) is 5.91 Å². The van der Waals surface area contributed by atoms with Gasteiger partial charge in [-0.1, -0.05) is 33.8 Å². The number of esters is 1. The third-order valence-electron chi connectivity index (χ3n) is 17.3. The highest BCUT2D eigenvalue weighted by Gasteiger charge is 2.51. The number of hydrazine groups is 1. The zero-order chi connectivity index (χ0) is 51.4. The quantitative estimate of drug-likeness (QED) is 0.142. The van der Waals surface area contributed by atoms with E-state index in [4.69, 9.17) is 33.7 Å². The van der Waals surface area contributed by atoms with E-state index in [1.165, 1.54) is 29.2 Å². The van der Waals surface area contributed by atoms with Crippen molar-refractivity contribution in [1.29, 1.82) is 0 Å². The lowest BCUT2D eigenvalue weighted by Crippen LogP contribution is -2.65. The Bertz CT molecular complexity index is 2680. The number of methoxy groups -OCH3 is 2. The minimum atomic E-state index is -0.983. The number of anilines is 1. The van der Waals surface area contributed by atoms with E-state index in [1.807, 2.05) is 6.20 Å². The molecule has 8 heterocycles. The first-order chi connectivity index (χ1) is 35.8. The molecule has 2 amide bonds. The van der Waals surface area contributed by atoms with E-state index in [0.29, 0.717) is 65.3 Å². The summed E-state index contributed by atoms with van der Waals surface area (Å²) in [6.07, 6.45) is 7.82. The van der Waals surface area contributed by atoms with Gasteiger partial charge in [-0.15, -0.1) is 11.3 Å². The van der Waals surface area contributed by atoms with Crippen LogP contribution in [0.2, 0.25) is 0 Å². The molecule has 6 fully saturated rings. The van der Waals surface area contributed by atoms with Gasteiger partial charge in [-0.25, -0.2) is 10.4 Å². The monoisotopic (exact) mass is 1040 g/mol. The summed E-state index contributed by atoms with van der Waals surface area (Å²) in [6, 6.07) is 7.38. The maximum Gasteiger partial charge on any atom is 0.324 e. The molecule has 11 rings (SSSR count). The van der Waals surface area contributed by atoms with Gasteiger partial charge in [0.1, 0.15) is 17.1 Å². The van der Waals surface area contributed by atoms with E-state index in [0.717, 1.165) is 100 Å². The van der Waals surface area contributed by atoms with Crippen molar-refractivity contribution in [3.8, 4) is 22.5 Å². The Hall–Kier alpha value is -4.53. The van der Waals surface area contributed by atoms with E-state index in [-0.39, 0.29) is 54.5 Å². The summed E-state index contributed by atoms with van der Waals surface area (Å²) in [5.74, 6) is -0.607. The zero-order valence-corrected chi connectivity index (χ0v) is 45.3. The number of cyclic esters (lactones) is 1. The van der Waals surface area contributed by atoms with Crippen LogP contribution in [0.25, 0.3) is 33.4 Å². The lowest BCUT2D eigenvalue weighted by atomic mass is 9.84. The van der Waals surface area contributed by atoms with Gasteiger partial charge in [-0.2, -0.15) is 0 Å². The number of piperazine rings is 1. The van der Waals surface area contributed by atoms with E-state index in [2.05, 4.69) is 94.3 Å². The van der Waals surface area contributed by atoms with Crippen molar-refractivity contribution in [2.75, 3.05) is 91.4 Å². The number of ether oxygens (including phenoxy) is 5. The molecule has 1 aromatic carbocycles. The summed E-state index contributed by atoms with van der Waals surface area (Å²) in [5, 5.41) is 8.67. The van der Waals surface area contributed by atoms with Crippen LogP contribution < -0.4 is 15.6 Å². The molecule has 2 N–H and O–H groups in total. The lowest BCUT2D eigenvalue weighted by molar-refractivity contribution is -0.156. The molecule has 0 radical (unpaired) electrons. The summed E-state index contributed by atoms with van der Waals surface area (Å²) in [7, 11) is 3.45. The molecular formula is C56H77N9O8S. The first kappa shape index (κ1) is 51.6. The Labute approximate surface area is 439 Å². The van der Waals surface area contributed by atoms with Gasteiger partial charge in [0.2, 0.25) is 5.91 Å². The van der Waals surface area contributed by atoms with Crippen LogP contribution in [0.1, 0.15) is 102 Å². The van der Waals surface area contributed by atoms with E-state index >= 15 is 4.79 Å². The summed E-state index contributed by atoms with van der Waals surface area (Å²) in [6.45, 7) is 18.6. The predicted molar refractivity (Wildman–Crippen MR) is 283 cm³/mol. The molecule has 1 unspecified atom stereocenters. The molecule has 4 saturated heterocycles. The fourth-order valence-corrected chi connectivity index (χ4v) is 13.3. The number of thiazole rings is 1. The molecule has 7 aliphatic rings. The first-order valence-corrected chi connectivity index (χ1v) is 28.3. The number of amides is 2. The number of nitrogens with zero attached hydrogens (tertiary/aromatic N) is 7. The third kappa shape index (κ3) is 10.5. The molecular weight excluding hydrogens is 959 g/mol. The number of carbonyl (C=O) groups is 3. The summed E-state index contributed by atoms with van der Waals surface area (Å²) in [4.78, 5) is 61.6. The van der Waals surface area contributed by atoms with Crippen molar-refractivity contribution >= 4 is 45.7 Å². The van der Waals surface area contributed by atoms with Crippen molar-refractivity contribution in [2.45, 2.75) is 129 Å². The van der Waals surface area contributed by atoms with Gasteiger partial charge in [0, 0.05) is 125 Å². The number of hydrogen-bond donors (Lipinski definition) is 2. The maximum atomic E-state index is 15.1. The number of benzene rings is 1. The number of likely N-dealkylation sites (tertiary alicyclic amines) is 1. The smallest absolute Gasteiger partial charge is 0.324 e. The molecule has 4 aromatic rings. The van der Waals surface area contributed by atoms with E-state index in [1.54, 1.807) is 14.2 Å². The normalized spacial score (nSPS) is 27.9. The highest BCUT2D eigenvalue weighted by molar-refractivity contribution is 7.10. The minimum absolute atomic E-state index is 0.0177. The Kier molecular flexibility index (Phi) is 15.0. The maximum absolute atomic E-state index is 15.1. The highest BCUT2D eigenvalue weighted by atomic mass is 32.1. The van der Waals surface area contributed by atoms with Crippen LogP contribution in [0.15, 0.2) is 35.8 Å². The van der Waals surface area contributed by atoms with Crippen LogP contribution in [0.5, 0.6) is 0 Å². The number of carbonyl (C=O) groups excluding carboxylic acids is 3. The average molecular weight is 1040 g/mol. The topological polar surface area (TPSA) is 165 Å². The van der Waals surface area contributed by atoms with Crippen LogP contribution in [0.3, 0.4) is 0 Å². The molecule has 5 aliphatic heterocycles. The fraction of sp³-hybridized carbons (Fsp3) is 0.661. The van der Waals surface area contributed by atoms with Gasteiger partial charge in [-0.05, 0) is 87.5 Å². The second kappa shape index (κ2) is 21.5. The minimum Gasteiger partial charge on any atom is -0.464 e. The average Bonchev–Trinajstić information content (AvgIpc) is 4.27. The number of aromatic nitrogens is 3. The lowest BCUT2D eigenvalue weighted by Gasteiger charge is -2.46. The van der Waals surface area contributed by atoms with E-state index < -0.39 is 29.5 Å². The van der Waals surface area contributed by atoms with Crippen molar-refractivity contribution in [3.05, 3.63) is 52.1 Å².